The van der Waals surface area contributed by atoms with Crippen LogP contribution in [0.2, 0.25) is 0 Å². The van der Waals surface area contributed by atoms with Gasteiger partial charge in [0, 0.05) is 12.2 Å². The Morgan fingerprint density at radius 3 is 2.60 bits per heavy atom. The van der Waals surface area contributed by atoms with E-state index < -0.39 is 24.4 Å². The number of ether oxygens (including phenoxy) is 1. The van der Waals surface area contributed by atoms with E-state index in [0.29, 0.717) is 5.69 Å². The molecule has 1 heterocycles. The van der Waals surface area contributed by atoms with Crippen molar-refractivity contribution in [3.8, 4) is 0 Å². The molecule has 0 aliphatic carbocycles. The van der Waals surface area contributed by atoms with Gasteiger partial charge in [-0.2, -0.15) is 0 Å². The molecule has 0 aliphatic heterocycles. The van der Waals surface area contributed by atoms with Gasteiger partial charge in [-0.05, 0) is 24.3 Å². The summed E-state index contributed by atoms with van der Waals surface area (Å²) in [7, 11) is 0. The Morgan fingerprint density at radius 1 is 1.08 bits per heavy atom. The van der Waals surface area contributed by atoms with E-state index >= 15 is 0 Å². The molecular weight excluding hydrogens is 330 g/mol. The number of carbonyl (C=O) groups is 3. The van der Waals surface area contributed by atoms with Crippen molar-refractivity contribution in [1.29, 1.82) is 0 Å². The number of hydrogen-bond donors (Lipinski definition) is 4. The van der Waals surface area contributed by atoms with Gasteiger partial charge >= 0.3 is 11.9 Å². The second kappa shape index (κ2) is 9.08. The lowest BCUT2D eigenvalue weighted by Crippen LogP contribution is -2.43. The summed E-state index contributed by atoms with van der Waals surface area (Å²) in [6, 6.07) is 9.49. The van der Waals surface area contributed by atoms with Crippen LogP contribution in [-0.4, -0.2) is 42.6 Å². The number of furan rings is 1. The molecule has 4 N–H and O–H groups in total. The standard InChI is InChI=1S/C16H17N3O6/c20-8-7-17-12-5-2-1-4-11(12)16(23)25-10-14(21)18-19-15(22)13-6-3-9-24-13/h1-6,9,17,20H,7-8,10H2,(H,18,21)(H,19,22). The van der Waals surface area contributed by atoms with Gasteiger partial charge < -0.3 is 19.6 Å². The number of benzene rings is 1. The maximum atomic E-state index is 12.1. The van der Waals surface area contributed by atoms with E-state index in [0.717, 1.165) is 0 Å². The molecule has 0 bridgehead atoms. The summed E-state index contributed by atoms with van der Waals surface area (Å²) in [4.78, 5) is 35.2. The third-order valence-corrected chi connectivity index (χ3v) is 2.97. The molecule has 0 saturated heterocycles. The number of hydrogen-bond acceptors (Lipinski definition) is 7. The molecule has 0 aliphatic rings. The number of aliphatic hydroxyl groups excluding tert-OH is 1. The number of rotatable bonds is 7. The van der Waals surface area contributed by atoms with Crippen molar-refractivity contribution in [2.75, 3.05) is 25.1 Å². The summed E-state index contributed by atoms with van der Waals surface area (Å²) >= 11 is 0. The number of carbonyl (C=O) groups excluding carboxylic acids is 3. The quantitative estimate of drug-likeness (QED) is 0.419. The molecule has 9 heteroatoms. The molecular formula is C16H17N3O6. The Labute approximate surface area is 142 Å². The van der Waals surface area contributed by atoms with Crippen LogP contribution in [-0.2, 0) is 9.53 Å². The molecule has 1 aromatic carbocycles. The SMILES string of the molecule is O=C(COC(=O)c1ccccc1NCCO)NNC(=O)c1ccco1. The first-order valence-corrected chi connectivity index (χ1v) is 7.35. The summed E-state index contributed by atoms with van der Waals surface area (Å²) < 4.78 is 9.76. The maximum absolute atomic E-state index is 12.1. The first-order chi connectivity index (χ1) is 12.1. The van der Waals surface area contributed by atoms with E-state index in [1.54, 1.807) is 18.2 Å². The highest BCUT2D eigenvalue weighted by molar-refractivity contribution is 5.97. The molecule has 1 aromatic heterocycles. The van der Waals surface area contributed by atoms with Crippen molar-refractivity contribution in [1.82, 2.24) is 10.9 Å². The number of para-hydroxylation sites is 1. The van der Waals surface area contributed by atoms with Gasteiger partial charge in [-0.3, -0.25) is 20.4 Å². The van der Waals surface area contributed by atoms with E-state index in [-0.39, 0.29) is 24.5 Å². The fourth-order valence-corrected chi connectivity index (χ4v) is 1.85. The van der Waals surface area contributed by atoms with E-state index in [4.69, 9.17) is 14.3 Å². The highest BCUT2D eigenvalue weighted by Gasteiger charge is 2.15. The van der Waals surface area contributed by atoms with Crippen molar-refractivity contribution >= 4 is 23.5 Å². The van der Waals surface area contributed by atoms with Gasteiger partial charge in [-0.15, -0.1) is 0 Å². The summed E-state index contributed by atoms with van der Waals surface area (Å²) in [5.74, 6) is -2.04. The Kier molecular flexibility index (Phi) is 6.55. The number of nitrogens with one attached hydrogen (secondary N) is 3. The molecule has 2 aromatic rings. The van der Waals surface area contributed by atoms with Gasteiger partial charge in [0.1, 0.15) is 0 Å². The average Bonchev–Trinajstić information content (AvgIpc) is 3.17. The van der Waals surface area contributed by atoms with Crippen molar-refractivity contribution < 1.29 is 28.6 Å². The zero-order chi connectivity index (χ0) is 18.1. The minimum atomic E-state index is -0.714. The summed E-state index contributed by atoms with van der Waals surface area (Å²) in [6.07, 6.45) is 1.32. The van der Waals surface area contributed by atoms with Gasteiger partial charge in [0.15, 0.2) is 12.4 Å². The smallest absolute Gasteiger partial charge is 0.340 e. The third kappa shape index (κ3) is 5.36. The monoisotopic (exact) mass is 347 g/mol. The van der Waals surface area contributed by atoms with Gasteiger partial charge in [-0.1, -0.05) is 12.1 Å². The van der Waals surface area contributed by atoms with Gasteiger partial charge in [-0.25, -0.2) is 4.79 Å². The van der Waals surface area contributed by atoms with Crippen LogP contribution in [0.25, 0.3) is 0 Å². The van der Waals surface area contributed by atoms with Gasteiger partial charge in [0.2, 0.25) is 0 Å². The molecule has 0 spiro atoms. The molecule has 132 valence electrons. The van der Waals surface area contributed by atoms with Crippen LogP contribution in [0, 0.1) is 0 Å². The molecule has 9 nitrogen and oxygen atoms in total. The molecule has 0 saturated carbocycles. The lowest BCUT2D eigenvalue weighted by atomic mass is 10.2. The van der Waals surface area contributed by atoms with Crippen LogP contribution >= 0.6 is 0 Å². The zero-order valence-corrected chi connectivity index (χ0v) is 13.2. The van der Waals surface area contributed by atoms with Crippen LogP contribution in [0.4, 0.5) is 5.69 Å². The molecule has 2 amide bonds. The Morgan fingerprint density at radius 2 is 1.88 bits per heavy atom. The minimum absolute atomic E-state index is 0.0289. The van der Waals surface area contributed by atoms with E-state index in [1.165, 1.54) is 24.5 Å². The van der Waals surface area contributed by atoms with E-state index in [9.17, 15) is 14.4 Å². The summed E-state index contributed by atoms with van der Waals surface area (Å²) in [5, 5.41) is 11.7. The highest BCUT2D eigenvalue weighted by Crippen LogP contribution is 2.15. The van der Waals surface area contributed by atoms with Crippen molar-refractivity contribution in [3.05, 3.63) is 54.0 Å². The average molecular weight is 347 g/mol. The second-order valence-corrected chi connectivity index (χ2v) is 4.75. The van der Waals surface area contributed by atoms with Crippen LogP contribution in [0.5, 0.6) is 0 Å². The Hall–Kier alpha value is -3.33. The van der Waals surface area contributed by atoms with Crippen molar-refractivity contribution in [2.45, 2.75) is 0 Å². The van der Waals surface area contributed by atoms with Gasteiger partial charge in [0.05, 0.1) is 18.4 Å². The van der Waals surface area contributed by atoms with Crippen molar-refractivity contribution in [2.24, 2.45) is 0 Å². The first kappa shape index (κ1) is 18.0. The maximum Gasteiger partial charge on any atom is 0.340 e. The number of amides is 2. The fourth-order valence-electron chi connectivity index (χ4n) is 1.85. The number of esters is 1. The number of hydrazine groups is 1. The topological polar surface area (TPSA) is 130 Å². The van der Waals surface area contributed by atoms with Crippen molar-refractivity contribution in [3.63, 3.8) is 0 Å². The Bertz CT molecular complexity index is 729. The molecule has 25 heavy (non-hydrogen) atoms. The molecule has 2 rings (SSSR count). The number of anilines is 1. The second-order valence-electron chi connectivity index (χ2n) is 4.75. The minimum Gasteiger partial charge on any atom is -0.459 e. The molecule has 0 atom stereocenters. The lowest BCUT2D eigenvalue weighted by Gasteiger charge is -2.11. The highest BCUT2D eigenvalue weighted by atomic mass is 16.5. The molecule has 0 fully saturated rings. The van der Waals surface area contributed by atoms with Crippen LogP contribution in [0.1, 0.15) is 20.9 Å². The van der Waals surface area contributed by atoms with Crippen LogP contribution < -0.4 is 16.2 Å². The predicted octanol–water partition coefficient (Wildman–Crippen LogP) is 0.302. The van der Waals surface area contributed by atoms with Crippen LogP contribution in [0.15, 0.2) is 47.1 Å². The first-order valence-electron chi connectivity index (χ1n) is 7.35. The molecule has 0 unspecified atom stereocenters. The predicted molar refractivity (Wildman–Crippen MR) is 86.6 cm³/mol. The van der Waals surface area contributed by atoms with Gasteiger partial charge in [0.25, 0.3) is 5.91 Å². The zero-order valence-electron chi connectivity index (χ0n) is 13.2. The summed E-state index contributed by atoms with van der Waals surface area (Å²) in [6.45, 7) is -0.406. The lowest BCUT2D eigenvalue weighted by molar-refractivity contribution is -0.125. The fraction of sp³-hybridized carbons (Fsp3) is 0.188. The third-order valence-electron chi connectivity index (χ3n) is 2.97. The van der Waals surface area contributed by atoms with E-state index in [1.807, 2.05) is 0 Å². The Balaban J connectivity index is 1.81. The number of aliphatic hydroxyl groups is 1. The van der Waals surface area contributed by atoms with Crippen LogP contribution in [0.3, 0.4) is 0 Å². The largest absolute Gasteiger partial charge is 0.459 e. The normalized spacial score (nSPS) is 9.96. The summed E-state index contributed by atoms with van der Waals surface area (Å²) in [5.41, 5.74) is 4.93. The van der Waals surface area contributed by atoms with E-state index in [2.05, 4.69) is 16.2 Å². The molecule has 0 radical (unpaired) electrons.